The molecule has 0 aromatic rings. The van der Waals surface area contributed by atoms with Crippen molar-refractivity contribution in [2.24, 2.45) is 0 Å². The predicted octanol–water partition coefficient (Wildman–Crippen LogP) is -0.0331. The van der Waals surface area contributed by atoms with Crippen LogP contribution in [0.3, 0.4) is 0 Å². The fourth-order valence-corrected chi connectivity index (χ4v) is 10.1. The summed E-state index contributed by atoms with van der Waals surface area (Å²) < 4.78 is 3.74. The minimum Gasteiger partial charge on any atom is -0.693 e. The van der Waals surface area contributed by atoms with Gasteiger partial charge >= 0.3 is 51.4 Å². The van der Waals surface area contributed by atoms with Crippen molar-refractivity contribution < 1.29 is 51.4 Å². The first kappa shape index (κ1) is 18.7. The van der Waals surface area contributed by atoms with Gasteiger partial charge in [-0.1, -0.05) is 39.3 Å². The van der Waals surface area contributed by atoms with Crippen LogP contribution in [0.1, 0.15) is 0 Å². The third-order valence-electron chi connectivity index (χ3n) is 0.750. The molecule has 0 rings (SSSR count). The van der Waals surface area contributed by atoms with Gasteiger partial charge in [-0.2, -0.15) is 0 Å². The van der Waals surface area contributed by atoms with Gasteiger partial charge in [0.15, 0.2) is 0 Å². The Labute approximate surface area is 116 Å². The standard InChI is InChI=1S/C6H19NSi2.K.H2N/c1-8(2,3)7-9(4,5)6;;/h7H,1-6H3;;1H2/q;+1;-1. The van der Waals surface area contributed by atoms with Gasteiger partial charge in [0.2, 0.25) is 0 Å². The number of hydrogen-bond donors (Lipinski definition) is 1. The van der Waals surface area contributed by atoms with E-state index >= 15 is 0 Å². The van der Waals surface area contributed by atoms with Gasteiger partial charge in [-0.15, -0.1) is 0 Å². The normalized spacial score (nSPS) is 11.5. The smallest absolute Gasteiger partial charge is 0.693 e. The summed E-state index contributed by atoms with van der Waals surface area (Å²) >= 11 is 0. The molecule has 5 heteroatoms. The van der Waals surface area contributed by atoms with Crippen molar-refractivity contribution in [3.63, 3.8) is 0 Å². The molecule has 0 aliphatic heterocycles. The van der Waals surface area contributed by atoms with E-state index in [9.17, 15) is 0 Å². The van der Waals surface area contributed by atoms with Crippen LogP contribution in [0.25, 0.3) is 6.15 Å². The molecule has 0 saturated carbocycles. The molecule has 64 valence electrons. The Morgan fingerprint density at radius 3 is 0.909 bits per heavy atom. The van der Waals surface area contributed by atoms with Gasteiger partial charge in [0, 0.05) is 0 Å². The van der Waals surface area contributed by atoms with Crippen molar-refractivity contribution in [3.8, 4) is 0 Å². The van der Waals surface area contributed by atoms with Crippen LogP contribution in [-0.2, 0) is 0 Å². The molecule has 11 heavy (non-hydrogen) atoms. The van der Waals surface area contributed by atoms with E-state index in [1.165, 1.54) is 0 Å². The Morgan fingerprint density at radius 1 is 0.727 bits per heavy atom. The van der Waals surface area contributed by atoms with E-state index in [0.717, 1.165) is 0 Å². The molecule has 0 amide bonds. The summed E-state index contributed by atoms with van der Waals surface area (Å²) in [6.07, 6.45) is 0. The molecule has 0 atom stereocenters. The fraction of sp³-hybridized carbons (Fsp3) is 1.00. The van der Waals surface area contributed by atoms with Crippen LogP contribution in [0.5, 0.6) is 0 Å². The number of rotatable bonds is 2. The second-order valence-corrected chi connectivity index (χ2v) is 14.6. The van der Waals surface area contributed by atoms with Crippen LogP contribution in [-0.4, -0.2) is 16.5 Å². The van der Waals surface area contributed by atoms with E-state index in [2.05, 4.69) is 43.9 Å². The van der Waals surface area contributed by atoms with Gasteiger partial charge in [0.05, 0.1) is 0 Å². The summed E-state index contributed by atoms with van der Waals surface area (Å²) in [7, 11) is -1.96. The van der Waals surface area contributed by atoms with Gasteiger partial charge in [-0.05, 0) is 0 Å². The fourth-order valence-electron chi connectivity index (χ4n) is 1.12. The maximum atomic E-state index is 3.74. The van der Waals surface area contributed by atoms with Crippen LogP contribution in [0, 0.1) is 0 Å². The molecule has 2 nitrogen and oxygen atoms in total. The molecule has 0 aliphatic carbocycles. The Hall–Kier alpha value is 1.99. The average molecular weight is 217 g/mol. The molecule has 0 aliphatic rings. The third-order valence-corrected chi connectivity index (χ3v) is 6.75. The van der Waals surface area contributed by atoms with E-state index in [1.807, 2.05) is 0 Å². The molecule has 0 aromatic heterocycles. The SMILES string of the molecule is C[Si](C)(C)N[Si](C)(C)C.[K+].[NH2-]. The van der Waals surface area contributed by atoms with Crippen LogP contribution >= 0.6 is 0 Å². The van der Waals surface area contributed by atoms with E-state index in [4.69, 9.17) is 0 Å². The molecular formula is C6H21KN2Si2. The Bertz CT molecular complexity index is 83.7. The van der Waals surface area contributed by atoms with Crippen molar-refractivity contribution >= 4 is 16.5 Å². The largest absolute Gasteiger partial charge is 1.00 e. The topological polar surface area (TPSA) is 45.5 Å². The molecule has 0 aromatic carbocycles. The first-order valence-corrected chi connectivity index (χ1v) is 10.5. The summed E-state index contributed by atoms with van der Waals surface area (Å²) in [5, 5.41) is 0. The van der Waals surface area contributed by atoms with E-state index in [1.54, 1.807) is 0 Å². The Kier molecular flexibility index (Phi) is 11.0. The first-order valence-electron chi connectivity index (χ1n) is 3.50. The van der Waals surface area contributed by atoms with Gasteiger partial charge < -0.3 is 10.8 Å². The minimum absolute atomic E-state index is 0. The second-order valence-electron chi connectivity index (χ2n) is 4.62. The molecule has 0 bridgehead atoms. The monoisotopic (exact) mass is 216 g/mol. The van der Waals surface area contributed by atoms with Crippen LogP contribution in [0.2, 0.25) is 39.3 Å². The molecule has 0 spiro atoms. The third kappa shape index (κ3) is 18.7. The molecule has 3 N–H and O–H groups in total. The van der Waals surface area contributed by atoms with E-state index in [-0.39, 0.29) is 57.5 Å². The maximum Gasteiger partial charge on any atom is 1.00 e. The molecule has 0 saturated heterocycles. The number of hydrogen-bond acceptors (Lipinski definition) is 1. The molecule has 0 unspecified atom stereocenters. The quantitative estimate of drug-likeness (QED) is 0.647. The maximum absolute atomic E-state index is 3.74. The summed E-state index contributed by atoms with van der Waals surface area (Å²) in [5.41, 5.74) is 0. The van der Waals surface area contributed by atoms with Crippen molar-refractivity contribution in [1.29, 1.82) is 0 Å². The van der Waals surface area contributed by atoms with Gasteiger partial charge in [0.1, 0.15) is 16.5 Å². The zero-order chi connectivity index (χ0) is 7.71. The van der Waals surface area contributed by atoms with Crippen molar-refractivity contribution in [1.82, 2.24) is 4.65 Å². The van der Waals surface area contributed by atoms with Crippen molar-refractivity contribution in [2.75, 3.05) is 0 Å². The van der Waals surface area contributed by atoms with Crippen molar-refractivity contribution in [2.45, 2.75) is 39.3 Å². The predicted molar refractivity (Wildman–Crippen MR) is 55.1 cm³/mol. The number of nitrogens with two attached hydrogens (primary N) is 1. The molecule has 0 heterocycles. The Balaban J connectivity index is -0.000000320. The molecular weight excluding hydrogens is 195 g/mol. The van der Waals surface area contributed by atoms with Gasteiger partial charge in [-0.3, -0.25) is 0 Å². The summed E-state index contributed by atoms with van der Waals surface area (Å²) in [6, 6.07) is 0. The second kappa shape index (κ2) is 6.44. The number of nitrogens with one attached hydrogen (secondary N) is 1. The van der Waals surface area contributed by atoms with Gasteiger partial charge in [0.25, 0.3) is 0 Å². The first-order chi connectivity index (χ1) is 3.71. The van der Waals surface area contributed by atoms with Crippen LogP contribution in [0.4, 0.5) is 0 Å². The molecule has 0 radical (unpaired) electrons. The Morgan fingerprint density at radius 2 is 0.909 bits per heavy atom. The average Bonchev–Trinajstić information content (AvgIpc) is 1.14. The van der Waals surface area contributed by atoms with Crippen molar-refractivity contribution in [3.05, 3.63) is 6.15 Å². The minimum atomic E-state index is -0.981. The van der Waals surface area contributed by atoms with Gasteiger partial charge in [-0.25, -0.2) is 0 Å². The summed E-state index contributed by atoms with van der Waals surface area (Å²) in [4.78, 5) is 0. The van der Waals surface area contributed by atoms with Crippen LogP contribution < -0.4 is 56.0 Å². The zero-order valence-corrected chi connectivity index (χ0v) is 14.2. The van der Waals surface area contributed by atoms with Crippen LogP contribution in [0.15, 0.2) is 0 Å². The van der Waals surface area contributed by atoms with E-state index < -0.39 is 16.5 Å². The van der Waals surface area contributed by atoms with E-state index in [0.29, 0.717) is 0 Å². The molecule has 0 fully saturated rings. The summed E-state index contributed by atoms with van der Waals surface area (Å²) in [5.74, 6) is 0. The summed E-state index contributed by atoms with van der Waals surface area (Å²) in [6.45, 7) is 14.1. The zero-order valence-electron chi connectivity index (χ0n) is 9.08.